The molecule has 2 aliphatic heterocycles. The van der Waals surface area contributed by atoms with Crippen molar-refractivity contribution in [1.82, 2.24) is 9.97 Å². The molecule has 5 nitrogen and oxygen atoms in total. The number of aryl methyl sites for hydroxylation is 1. The van der Waals surface area contributed by atoms with Crippen LogP contribution in [0.25, 0.3) is 0 Å². The van der Waals surface area contributed by atoms with Crippen LogP contribution in [0.3, 0.4) is 0 Å². The van der Waals surface area contributed by atoms with Crippen LogP contribution in [0.5, 0.6) is 0 Å². The standard InChI is InChI=1S/C12H18N4O/c1-8-14-11-7-17-6-10(11)12(15-8)16-4-2-9(13)3-5-16/h9H,2-7,13H2,1H3. The van der Waals surface area contributed by atoms with Gasteiger partial charge in [-0.1, -0.05) is 0 Å². The highest BCUT2D eigenvalue weighted by Crippen LogP contribution is 2.28. The Kier molecular flexibility index (Phi) is 2.72. The van der Waals surface area contributed by atoms with Crippen molar-refractivity contribution in [3.63, 3.8) is 0 Å². The van der Waals surface area contributed by atoms with Gasteiger partial charge in [-0.3, -0.25) is 0 Å². The maximum atomic E-state index is 5.93. The molecule has 2 aliphatic rings. The van der Waals surface area contributed by atoms with Gasteiger partial charge in [0.25, 0.3) is 0 Å². The molecule has 0 unspecified atom stereocenters. The van der Waals surface area contributed by atoms with Crippen LogP contribution in [-0.2, 0) is 18.0 Å². The van der Waals surface area contributed by atoms with Gasteiger partial charge in [-0.15, -0.1) is 0 Å². The molecule has 3 rings (SSSR count). The molecule has 5 heteroatoms. The fourth-order valence-electron chi connectivity index (χ4n) is 2.53. The monoisotopic (exact) mass is 234 g/mol. The largest absolute Gasteiger partial charge is 0.370 e. The van der Waals surface area contributed by atoms with Crippen LogP contribution in [-0.4, -0.2) is 29.1 Å². The fourth-order valence-corrected chi connectivity index (χ4v) is 2.53. The lowest BCUT2D eigenvalue weighted by Gasteiger charge is -2.32. The molecule has 0 aliphatic carbocycles. The number of ether oxygens (including phenoxy) is 1. The Bertz CT molecular complexity index is 427. The highest BCUT2D eigenvalue weighted by atomic mass is 16.5. The molecule has 0 atom stereocenters. The Morgan fingerprint density at radius 1 is 1.24 bits per heavy atom. The number of fused-ring (bicyclic) bond motifs is 1. The third-order valence-electron chi connectivity index (χ3n) is 3.51. The Labute approximate surface area is 101 Å². The zero-order valence-corrected chi connectivity index (χ0v) is 10.1. The zero-order valence-electron chi connectivity index (χ0n) is 10.1. The molecule has 1 fully saturated rings. The van der Waals surface area contributed by atoms with Crippen molar-refractivity contribution >= 4 is 5.82 Å². The van der Waals surface area contributed by atoms with Gasteiger partial charge in [-0.2, -0.15) is 0 Å². The van der Waals surface area contributed by atoms with Crippen molar-refractivity contribution in [3.05, 3.63) is 17.1 Å². The lowest BCUT2D eigenvalue weighted by molar-refractivity contribution is 0.133. The van der Waals surface area contributed by atoms with E-state index in [2.05, 4.69) is 14.9 Å². The molecule has 0 radical (unpaired) electrons. The topological polar surface area (TPSA) is 64.3 Å². The Hall–Kier alpha value is -1.20. The predicted molar refractivity (Wildman–Crippen MR) is 64.7 cm³/mol. The summed E-state index contributed by atoms with van der Waals surface area (Å²) in [6.07, 6.45) is 2.08. The van der Waals surface area contributed by atoms with E-state index in [9.17, 15) is 0 Å². The first-order chi connectivity index (χ1) is 8.24. The minimum Gasteiger partial charge on any atom is -0.370 e. The van der Waals surface area contributed by atoms with Gasteiger partial charge in [0.2, 0.25) is 0 Å². The highest BCUT2D eigenvalue weighted by molar-refractivity contribution is 5.50. The van der Waals surface area contributed by atoms with Gasteiger partial charge in [0.05, 0.1) is 18.9 Å². The van der Waals surface area contributed by atoms with E-state index in [4.69, 9.17) is 10.5 Å². The molecule has 1 saturated heterocycles. The smallest absolute Gasteiger partial charge is 0.138 e. The van der Waals surface area contributed by atoms with Crippen LogP contribution in [0.15, 0.2) is 0 Å². The van der Waals surface area contributed by atoms with Gasteiger partial charge in [0.15, 0.2) is 0 Å². The van der Waals surface area contributed by atoms with Crippen LogP contribution in [0.4, 0.5) is 5.82 Å². The van der Waals surface area contributed by atoms with E-state index >= 15 is 0 Å². The Morgan fingerprint density at radius 3 is 2.76 bits per heavy atom. The second kappa shape index (κ2) is 4.23. The first-order valence-electron chi connectivity index (χ1n) is 6.18. The maximum Gasteiger partial charge on any atom is 0.138 e. The molecule has 0 spiro atoms. The van der Waals surface area contributed by atoms with E-state index in [0.717, 1.165) is 43.3 Å². The van der Waals surface area contributed by atoms with E-state index in [1.54, 1.807) is 0 Å². The van der Waals surface area contributed by atoms with Crippen LogP contribution in [0, 0.1) is 6.92 Å². The van der Waals surface area contributed by atoms with Gasteiger partial charge in [-0.25, -0.2) is 9.97 Å². The summed E-state index contributed by atoms with van der Waals surface area (Å²) in [7, 11) is 0. The fraction of sp³-hybridized carbons (Fsp3) is 0.667. The summed E-state index contributed by atoms with van der Waals surface area (Å²) in [6.45, 7) is 5.19. The van der Waals surface area contributed by atoms with Crippen LogP contribution < -0.4 is 10.6 Å². The number of rotatable bonds is 1. The molecule has 92 valence electrons. The van der Waals surface area contributed by atoms with Gasteiger partial charge >= 0.3 is 0 Å². The first kappa shape index (κ1) is 10.9. The molecule has 17 heavy (non-hydrogen) atoms. The highest BCUT2D eigenvalue weighted by Gasteiger charge is 2.25. The summed E-state index contributed by atoms with van der Waals surface area (Å²) in [5.41, 5.74) is 8.16. The van der Waals surface area contributed by atoms with Crippen LogP contribution >= 0.6 is 0 Å². The molecule has 0 amide bonds. The minimum absolute atomic E-state index is 0.346. The molecule has 0 bridgehead atoms. The average molecular weight is 234 g/mol. The molecule has 3 heterocycles. The average Bonchev–Trinajstić information content (AvgIpc) is 2.77. The van der Waals surface area contributed by atoms with E-state index in [-0.39, 0.29) is 0 Å². The van der Waals surface area contributed by atoms with Crippen molar-refractivity contribution in [2.24, 2.45) is 5.73 Å². The van der Waals surface area contributed by atoms with Crippen molar-refractivity contribution in [1.29, 1.82) is 0 Å². The normalized spacial score (nSPS) is 20.7. The second-order valence-electron chi connectivity index (χ2n) is 4.84. The van der Waals surface area contributed by atoms with Crippen LogP contribution in [0.1, 0.15) is 29.9 Å². The summed E-state index contributed by atoms with van der Waals surface area (Å²) in [5, 5.41) is 0. The van der Waals surface area contributed by atoms with Gasteiger partial charge in [-0.05, 0) is 19.8 Å². The van der Waals surface area contributed by atoms with E-state index in [1.165, 1.54) is 5.56 Å². The number of aromatic nitrogens is 2. The molecule has 1 aromatic heterocycles. The number of hydrogen-bond acceptors (Lipinski definition) is 5. The lowest BCUT2D eigenvalue weighted by atomic mass is 10.1. The van der Waals surface area contributed by atoms with E-state index in [0.29, 0.717) is 19.3 Å². The van der Waals surface area contributed by atoms with Crippen molar-refractivity contribution in [2.75, 3.05) is 18.0 Å². The van der Waals surface area contributed by atoms with Gasteiger partial charge in [0.1, 0.15) is 11.6 Å². The number of hydrogen-bond donors (Lipinski definition) is 1. The molecular formula is C12H18N4O. The number of nitrogens with two attached hydrogens (primary N) is 1. The van der Waals surface area contributed by atoms with Crippen LogP contribution in [0.2, 0.25) is 0 Å². The number of nitrogens with zero attached hydrogens (tertiary/aromatic N) is 3. The molecule has 0 aromatic carbocycles. The van der Waals surface area contributed by atoms with E-state index < -0.39 is 0 Å². The second-order valence-corrected chi connectivity index (χ2v) is 4.84. The van der Waals surface area contributed by atoms with Crippen molar-refractivity contribution in [3.8, 4) is 0 Å². The summed E-state index contributed by atoms with van der Waals surface area (Å²) in [4.78, 5) is 11.3. The van der Waals surface area contributed by atoms with E-state index in [1.807, 2.05) is 6.92 Å². The molecule has 0 saturated carbocycles. The molecule has 1 aromatic rings. The van der Waals surface area contributed by atoms with Gasteiger partial charge < -0.3 is 15.4 Å². The summed E-state index contributed by atoms with van der Waals surface area (Å²) in [6, 6.07) is 0.346. The molecule has 2 N–H and O–H groups in total. The summed E-state index contributed by atoms with van der Waals surface area (Å²) >= 11 is 0. The summed E-state index contributed by atoms with van der Waals surface area (Å²) < 4.78 is 5.47. The van der Waals surface area contributed by atoms with Crippen molar-refractivity contribution in [2.45, 2.75) is 39.0 Å². The third kappa shape index (κ3) is 2.00. The molecular weight excluding hydrogens is 216 g/mol. The minimum atomic E-state index is 0.346. The SMILES string of the molecule is Cc1nc2c(c(N3CCC(N)CC3)n1)COC2. The Morgan fingerprint density at radius 2 is 2.00 bits per heavy atom. The predicted octanol–water partition coefficient (Wildman–Crippen LogP) is 0.743. The van der Waals surface area contributed by atoms with Crippen molar-refractivity contribution < 1.29 is 4.74 Å². The maximum absolute atomic E-state index is 5.93. The zero-order chi connectivity index (χ0) is 11.8. The van der Waals surface area contributed by atoms with Gasteiger partial charge in [0, 0.05) is 24.7 Å². The summed E-state index contributed by atoms with van der Waals surface area (Å²) in [5.74, 6) is 1.90. The third-order valence-corrected chi connectivity index (χ3v) is 3.51. The lowest BCUT2D eigenvalue weighted by Crippen LogP contribution is -2.40. The number of anilines is 1. The first-order valence-corrected chi connectivity index (χ1v) is 6.18. The number of piperidine rings is 1. The Balaban J connectivity index is 1.92. The quantitative estimate of drug-likeness (QED) is 0.776.